The number of aliphatic carboxylic acids is 1. The molecule has 0 spiro atoms. The first-order valence-electron chi connectivity index (χ1n) is 3.58. The van der Waals surface area contributed by atoms with E-state index < -0.39 is 5.97 Å². The van der Waals surface area contributed by atoms with E-state index in [1.807, 2.05) is 0 Å². The third-order valence-electron chi connectivity index (χ3n) is 1.33. The van der Waals surface area contributed by atoms with E-state index in [2.05, 4.69) is 0 Å². The molecule has 4 heteroatoms. The molecule has 0 heterocycles. The van der Waals surface area contributed by atoms with Crippen LogP contribution in [0.5, 0.6) is 0 Å². The minimum absolute atomic E-state index is 0.00883. The number of hydrogen-bond acceptors (Lipinski definition) is 1. The highest BCUT2D eigenvalue weighted by Crippen LogP contribution is 2.10. The fourth-order valence-electron chi connectivity index (χ4n) is 0.719. The molecule has 0 aromatic carbocycles. The topological polar surface area (TPSA) is 37.3 Å². The summed E-state index contributed by atoms with van der Waals surface area (Å²) >= 11 is 11.1. The molecule has 0 saturated carbocycles. The van der Waals surface area contributed by atoms with Gasteiger partial charge in [0.05, 0.1) is 0 Å². The number of unbranched alkanes of at least 4 members (excludes halogenated alkanes) is 1. The van der Waals surface area contributed by atoms with Gasteiger partial charge in [-0.15, -0.1) is 23.2 Å². The van der Waals surface area contributed by atoms with E-state index in [0.29, 0.717) is 12.3 Å². The Morgan fingerprint density at radius 1 is 1.45 bits per heavy atom. The lowest BCUT2D eigenvalue weighted by Crippen LogP contribution is -2.00. The van der Waals surface area contributed by atoms with Crippen molar-refractivity contribution in [3.63, 3.8) is 0 Å². The summed E-state index contributed by atoms with van der Waals surface area (Å²) in [4.78, 5) is 10.1. The van der Waals surface area contributed by atoms with Gasteiger partial charge in [-0.3, -0.25) is 4.79 Å². The molecule has 1 atom stereocenters. The smallest absolute Gasteiger partial charge is 0.303 e. The number of carboxylic acids is 1. The maximum absolute atomic E-state index is 10.1. The number of hydrogen-bond donors (Lipinski definition) is 1. The largest absolute Gasteiger partial charge is 0.481 e. The Labute approximate surface area is 76.5 Å². The van der Waals surface area contributed by atoms with Gasteiger partial charge in [0.2, 0.25) is 0 Å². The van der Waals surface area contributed by atoms with Crippen LogP contribution in [-0.4, -0.2) is 22.3 Å². The van der Waals surface area contributed by atoms with Crippen LogP contribution in [-0.2, 0) is 4.79 Å². The van der Waals surface area contributed by atoms with Crippen molar-refractivity contribution in [2.45, 2.75) is 31.1 Å². The van der Waals surface area contributed by atoms with Crippen molar-refractivity contribution in [2.24, 2.45) is 0 Å². The van der Waals surface area contributed by atoms with Crippen molar-refractivity contribution in [3.8, 4) is 0 Å². The molecule has 0 aromatic heterocycles. The van der Waals surface area contributed by atoms with Gasteiger partial charge in [-0.2, -0.15) is 0 Å². The maximum atomic E-state index is 10.1. The summed E-state index contributed by atoms with van der Waals surface area (Å²) < 4.78 is 0. The molecule has 0 aliphatic rings. The summed E-state index contributed by atoms with van der Waals surface area (Å²) in [5.41, 5.74) is 0. The van der Waals surface area contributed by atoms with Gasteiger partial charge >= 0.3 is 5.97 Å². The average Bonchev–Trinajstić information content (AvgIpc) is 1.97. The van der Waals surface area contributed by atoms with Crippen molar-refractivity contribution in [3.05, 3.63) is 0 Å². The monoisotopic (exact) mass is 198 g/mol. The zero-order valence-electron chi connectivity index (χ0n) is 6.22. The fraction of sp³-hybridized carbons (Fsp3) is 0.857. The molecule has 0 bridgehead atoms. The summed E-state index contributed by atoms with van der Waals surface area (Å²) in [6, 6.07) is 0. The predicted octanol–water partition coefficient (Wildman–Crippen LogP) is 2.48. The Bertz CT molecular complexity index is 117. The van der Waals surface area contributed by atoms with Crippen molar-refractivity contribution < 1.29 is 9.90 Å². The lowest BCUT2D eigenvalue weighted by atomic mass is 10.1. The highest BCUT2D eigenvalue weighted by Gasteiger charge is 2.02. The molecule has 2 nitrogen and oxygen atoms in total. The number of rotatable bonds is 6. The second-order valence-electron chi connectivity index (χ2n) is 2.39. The van der Waals surface area contributed by atoms with Gasteiger partial charge in [0.25, 0.3) is 0 Å². The lowest BCUT2D eigenvalue weighted by molar-refractivity contribution is -0.137. The van der Waals surface area contributed by atoms with Crippen molar-refractivity contribution in [1.82, 2.24) is 0 Å². The van der Waals surface area contributed by atoms with Crippen molar-refractivity contribution in [1.29, 1.82) is 0 Å². The van der Waals surface area contributed by atoms with E-state index in [1.54, 1.807) is 0 Å². The number of halogens is 2. The fourth-order valence-corrected chi connectivity index (χ4v) is 1.03. The van der Waals surface area contributed by atoms with Gasteiger partial charge in [0.15, 0.2) is 0 Å². The summed E-state index contributed by atoms with van der Waals surface area (Å²) in [5.74, 6) is -0.309. The summed E-state index contributed by atoms with van der Waals surface area (Å²) in [6.45, 7) is 0. The van der Waals surface area contributed by atoms with E-state index in [9.17, 15) is 4.79 Å². The van der Waals surface area contributed by atoms with Crippen LogP contribution >= 0.6 is 23.2 Å². The molecule has 1 N–H and O–H groups in total. The van der Waals surface area contributed by atoms with E-state index in [1.165, 1.54) is 0 Å². The van der Waals surface area contributed by atoms with E-state index >= 15 is 0 Å². The second kappa shape index (κ2) is 6.74. The SMILES string of the molecule is O=C(O)CCCCC(Cl)CCl. The van der Waals surface area contributed by atoms with Crippen LogP contribution in [0.1, 0.15) is 25.7 Å². The Balaban J connectivity index is 3.08. The lowest BCUT2D eigenvalue weighted by Gasteiger charge is -2.02. The summed E-state index contributed by atoms with van der Waals surface area (Å²) in [7, 11) is 0. The quantitative estimate of drug-likeness (QED) is 0.527. The van der Waals surface area contributed by atoms with E-state index in [4.69, 9.17) is 28.3 Å². The first kappa shape index (κ1) is 11.1. The van der Waals surface area contributed by atoms with Crippen LogP contribution in [0.4, 0.5) is 0 Å². The van der Waals surface area contributed by atoms with Crippen LogP contribution < -0.4 is 0 Å². The third-order valence-corrected chi connectivity index (χ3v) is 2.23. The molecule has 0 rings (SSSR count). The van der Waals surface area contributed by atoms with Gasteiger partial charge in [-0.1, -0.05) is 6.42 Å². The van der Waals surface area contributed by atoms with Crippen LogP contribution in [0.25, 0.3) is 0 Å². The zero-order valence-corrected chi connectivity index (χ0v) is 7.74. The van der Waals surface area contributed by atoms with Crippen molar-refractivity contribution >= 4 is 29.2 Å². The summed E-state index contributed by atoms with van der Waals surface area (Å²) in [6.07, 6.45) is 2.56. The first-order chi connectivity index (χ1) is 5.16. The Kier molecular flexibility index (Phi) is 6.77. The standard InChI is InChI=1S/C7H12Cl2O2/c8-5-6(9)3-1-2-4-7(10)11/h6H,1-5H2,(H,10,11). The molecule has 0 aliphatic carbocycles. The normalized spacial score (nSPS) is 12.9. The van der Waals surface area contributed by atoms with Crippen LogP contribution in [0.3, 0.4) is 0 Å². The summed E-state index contributed by atoms with van der Waals surface area (Å²) in [5, 5.41) is 8.27. The van der Waals surface area contributed by atoms with Crippen LogP contribution in [0, 0.1) is 0 Å². The van der Waals surface area contributed by atoms with Gasteiger partial charge in [0, 0.05) is 17.7 Å². The van der Waals surface area contributed by atoms with Gasteiger partial charge in [0.1, 0.15) is 0 Å². The Morgan fingerprint density at radius 3 is 2.55 bits per heavy atom. The van der Waals surface area contributed by atoms with Crippen LogP contribution in [0.15, 0.2) is 0 Å². The molecule has 1 unspecified atom stereocenters. The minimum Gasteiger partial charge on any atom is -0.481 e. The minimum atomic E-state index is -0.748. The molecule has 0 amide bonds. The molecule has 66 valence electrons. The van der Waals surface area contributed by atoms with Gasteiger partial charge < -0.3 is 5.11 Å². The average molecular weight is 199 g/mol. The maximum Gasteiger partial charge on any atom is 0.303 e. The Morgan fingerprint density at radius 2 is 2.09 bits per heavy atom. The second-order valence-corrected chi connectivity index (χ2v) is 3.32. The number of carbonyl (C=O) groups is 1. The molecule has 0 fully saturated rings. The Hall–Kier alpha value is 0.0500. The van der Waals surface area contributed by atoms with Gasteiger partial charge in [-0.25, -0.2) is 0 Å². The van der Waals surface area contributed by atoms with Crippen LogP contribution in [0.2, 0.25) is 0 Å². The molecular formula is C7H12Cl2O2. The predicted molar refractivity (Wildman–Crippen MR) is 46.5 cm³/mol. The first-order valence-corrected chi connectivity index (χ1v) is 4.55. The third kappa shape index (κ3) is 7.95. The molecule has 0 aromatic rings. The number of alkyl halides is 2. The number of carboxylic acid groups (broad SMARTS) is 1. The zero-order chi connectivity index (χ0) is 8.69. The van der Waals surface area contributed by atoms with Crippen molar-refractivity contribution in [2.75, 3.05) is 5.88 Å². The molecule has 0 radical (unpaired) electrons. The molecule has 0 aliphatic heterocycles. The van der Waals surface area contributed by atoms with Gasteiger partial charge in [-0.05, 0) is 12.8 Å². The highest BCUT2D eigenvalue weighted by molar-refractivity contribution is 6.28. The highest BCUT2D eigenvalue weighted by atomic mass is 35.5. The van der Waals surface area contributed by atoms with E-state index in [-0.39, 0.29) is 11.8 Å². The van der Waals surface area contributed by atoms with E-state index in [0.717, 1.165) is 12.8 Å². The molecular weight excluding hydrogens is 187 g/mol. The molecule has 11 heavy (non-hydrogen) atoms. The molecule has 0 saturated heterocycles.